The topological polar surface area (TPSA) is 9.23 Å². The Hall–Kier alpha value is -0.730. The van der Waals surface area contributed by atoms with E-state index < -0.39 is 0 Å². The molecule has 1 aromatic carbocycles. The van der Waals surface area contributed by atoms with Gasteiger partial charge < -0.3 is 4.74 Å². The van der Waals surface area contributed by atoms with Crippen molar-refractivity contribution in [1.82, 2.24) is 0 Å². The molecule has 1 nitrogen and oxygen atoms in total. The molecule has 3 aliphatic rings. The fraction of sp³-hybridized carbons (Fsp3) is 0.500. The molecule has 1 spiro atoms. The third-order valence-corrected chi connectivity index (χ3v) is 6.90. The molecule has 1 aliphatic carbocycles. The van der Waals surface area contributed by atoms with E-state index in [-0.39, 0.29) is 14.9 Å². The largest absolute Gasteiger partial charge is 0.380 e. The van der Waals surface area contributed by atoms with Crippen LogP contribution in [0.3, 0.4) is 0 Å². The molecule has 2 fully saturated rings. The summed E-state index contributed by atoms with van der Waals surface area (Å²) >= 11 is 2.13. The average Bonchev–Trinajstić information content (AvgIpc) is 2.87. The van der Waals surface area contributed by atoms with Crippen molar-refractivity contribution >= 4 is 11.8 Å². The summed E-state index contributed by atoms with van der Waals surface area (Å²) in [5.41, 5.74) is 1.68. The summed E-state index contributed by atoms with van der Waals surface area (Å²) in [5.74, 6) is 0.639. The second kappa shape index (κ2) is 3.23. The number of benzene rings is 1. The highest BCUT2D eigenvalue weighted by atomic mass is 32.2. The van der Waals surface area contributed by atoms with Crippen LogP contribution in [0.1, 0.15) is 19.4 Å². The Kier molecular flexibility index (Phi) is 2.00. The molecule has 0 unspecified atom stereocenters. The zero-order valence-electron chi connectivity index (χ0n) is 10.8. The maximum atomic E-state index is 5.85. The van der Waals surface area contributed by atoms with Crippen molar-refractivity contribution in [2.75, 3.05) is 13.2 Å². The Labute approximate surface area is 113 Å². The molecule has 0 radical (unpaired) electrons. The van der Waals surface area contributed by atoms with Crippen LogP contribution >= 0.6 is 11.8 Å². The zero-order chi connectivity index (χ0) is 12.4. The summed E-state index contributed by atoms with van der Waals surface area (Å²) in [7, 11) is 0. The van der Waals surface area contributed by atoms with Crippen molar-refractivity contribution in [3.63, 3.8) is 0 Å². The highest BCUT2D eigenvalue weighted by molar-refractivity contribution is 8.02. The van der Waals surface area contributed by atoms with E-state index in [9.17, 15) is 0 Å². The van der Waals surface area contributed by atoms with Crippen molar-refractivity contribution in [3.8, 4) is 0 Å². The molecule has 3 atom stereocenters. The normalized spacial score (nSPS) is 43.3. The SMILES string of the molecule is CC1(C)S[C@@]2(c3ccccc3)C=C[C@]23COC[C@H]13. The fourth-order valence-corrected chi connectivity index (χ4v) is 6.22. The van der Waals surface area contributed by atoms with E-state index in [2.05, 4.69) is 68.1 Å². The number of hydrogen-bond acceptors (Lipinski definition) is 2. The van der Waals surface area contributed by atoms with E-state index in [1.54, 1.807) is 0 Å². The lowest BCUT2D eigenvalue weighted by Gasteiger charge is -2.48. The smallest absolute Gasteiger partial charge is 0.0710 e. The van der Waals surface area contributed by atoms with Crippen LogP contribution in [0.2, 0.25) is 0 Å². The van der Waals surface area contributed by atoms with Crippen molar-refractivity contribution in [2.45, 2.75) is 23.3 Å². The molecule has 0 bridgehead atoms. The lowest BCUT2D eigenvalue weighted by Crippen LogP contribution is -2.48. The monoisotopic (exact) mass is 258 g/mol. The summed E-state index contributed by atoms with van der Waals surface area (Å²) in [6.07, 6.45) is 4.82. The summed E-state index contributed by atoms with van der Waals surface area (Å²) in [5, 5.41) is 0. The molecule has 2 heteroatoms. The van der Waals surface area contributed by atoms with E-state index in [1.165, 1.54) is 5.56 Å². The van der Waals surface area contributed by atoms with E-state index in [4.69, 9.17) is 4.74 Å². The molecule has 2 aliphatic heterocycles. The van der Waals surface area contributed by atoms with Crippen molar-refractivity contribution in [3.05, 3.63) is 48.0 Å². The minimum Gasteiger partial charge on any atom is -0.380 e. The van der Waals surface area contributed by atoms with Crippen LogP contribution in [-0.2, 0) is 9.48 Å². The van der Waals surface area contributed by atoms with Gasteiger partial charge in [0.1, 0.15) is 0 Å². The summed E-state index contributed by atoms with van der Waals surface area (Å²) in [6.45, 7) is 6.56. The van der Waals surface area contributed by atoms with E-state index >= 15 is 0 Å². The van der Waals surface area contributed by atoms with Gasteiger partial charge in [0.2, 0.25) is 0 Å². The first-order valence-corrected chi connectivity index (χ1v) is 7.46. The minimum absolute atomic E-state index is 0.152. The quantitative estimate of drug-likeness (QED) is 0.712. The van der Waals surface area contributed by atoms with Gasteiger partial charge in [-0.05, 0) is 5.56 Å². The molecule has 18 heavy (non-hydrogen) atoms. The maximum Gasteiger partial charge on any atom is 0.0710 e. The van der Waals surface area contributed by atoms with Crippen LogP contribution in [-0.4, -0.2) is 18.0 Å². The van der Waals surface area contributed by atoms with Crippen LogP contribution in [0.4, 0.5) is 0 Å². The van der Waals surface area contributed by atoms with Crippen LogP contribution in [0, 0.1) is 11.3 Å². The van der Waals surface area contributed by atoms with Gasteiger partial charge in [-0.3, -0.25) is 0 Å². The molecule has 2 heterocycles. The van der Waals surface area contributed by atoms with Crippen LogP contribution in [0.25, 0.3) is 0 Å². The average molecular weight is 258 g/mol. The number of hydrogen-bond donors (Lipinski definition) is 0. The van der Waals surface area contributed by atoms with Crippen molar-refractivity contribution in [1.29, 1.82) is 0 Å². The van der Waals surface area contributed by atoms with Gasteiger partial charge in [-0.1, -0.05) is 56.3 Å². The molecule has 0 aromatic heterocycles. The predicted molar refractivity (Wildman–Crippen MR) is 75.7 cm³/mol. The summed E-state index contributed by atoms with van der Waals surface area (Å²) in [4.78, 5) is 0. The minimum atomic E-state index is 0.152. The summed E-state index contributed by atoms with van der Waals surface area (Å²) < 4.78 is 6.29. The Balaban J connectivity index is 1.90. The maximum absolute atomic E-state index is 5.85. The number of ether oxygens (including phenoxy) is 1. The van der Waals surface area contributed by atoms with Crippen LogP contribution < -0.4 is 0 Å². The number of thioether (sulfide) groups is 1. The molecule has 94 valence electrons. The molecule has 0 N–H and O–H groups in total. The first kappa shape index (κ1) is 11.1. The Morgan fingerprint density at radius 3 is 2.61 bits per heavy atom. The van der Waals surface area contributed by atoms with Gasteiger partial charge in [0.25, 0.3) is 0 Å². The highest BCUT2D eigenvalue weighted by Crippen LogP contribution is 2.75. The standard InChI is InChI=1S/C16H18OS/c1-14(2)13-10-17-11-15(13)8-9-16(15,18-14)12-6-4-3-5-7-12/h3-9,13H,10-11H2,1-2H3/t13-,15-,16-/m1/s1. The highest BCUT2D eigenvalue weighted by Gasteiger charge is 2.71. The lowest BCUT2D eigenvalue weighted by atomic mass is 9.57. The molecule has 2 saturated heterocycles. The molecular formula is C16H18OS. The van der Waals surface area contributed by atoms with Gasteiger partial charge in [0.15, 0.2) is 0 Å². The molecule has 0 amide bonds. The van der Waals surface area contributed by atoms with Gasteiger partial charge in [0, 0.05) is 16.1 Å². The molecular weight excluding hydrogens is 240 g/mol. The van der Waals surface area contributed by atoms with Gasteiger partial charge in [0.05, 0.1) is 18.0 Å². The lowest BCUT2D eigenvalue weighted by molar-refractivity contribution is 0.150. The van der Waals surface area contributed by atoms with Crippen molar-refractivity contribution < 1.29 is 4.74 Å². The Morgan fingerprint density at radius 1 is 1.17 bits per heavy atom. The Morgan fingerprint density at radius 2 is 1.94 bits per heavy atom. The summed E-state index contributed by atoms with van der Waals surface area (Å²) in [6, 6.07) is 11.0. The van der Waals surface area contributed by atoms with E-state index in [1.807, 2.05) is 0 Å². The fourth-order valence-electron chi connectivity index (χ4n) is 4.12. The first-order chi connectivity index (χ1) is 8.61. The predicted octanol–water partition coefficient (Wildman–Crippen LogP) is 3.61. The van der Waals surface area contributed by atoms with E-state index in [0.29, 0.717) is 5.92 Å². The van der Waals surface area contributed by atoms with Crippen LogP contribution in [0.15, 0.2) is 42.5 Å². The molecule has 1 aromatic rings. The third kappa shape index (κ3) is 1.06. The zero-order valence-corrected chi connectivity index (χ0v) is 11.7. The van der Waals surface area contributed by atoms with Crippen molar-refractivity contribution in [2.24, 2.45) is 11.3 Å². The Bertz CT molecular complexity index is 521. The van der Waals surface area contributed by atoms with Crippen LogP contribution in [0.5, 0.6) is 0 Å². The number of rotatable bonds is 1. The third-order valence-electron chi connectivity index (χ3n) is 5.02. The van der Waals surface area contributed by atoms with Gasteiger partial charge in [-0.25, -0.2) is 0 Å². The second-order valence-corrected chi connectivity index (χ2v) is 8.15. The van der Waals surface area contributed by atoms with Gasteiger partial charge >= 0.3 is 0 Å². The first-order valence-electron chi connectivity index (χ1n) is 6.65. The van der Waals surface area contributed by atoms with Gasteiger partial charge in [-0.2, -0.15) is 0 Å². The van der Waals surface area contributed by atoms with E-state index in [0.717, 1.165) is 13.2 Å². The molecule has 4 rings (SSSR count). The molecule has 0 saturated carbocycles. The second-order valence-electron chi connectivity index (χ2n) is 6.25. The van der Waals surface area contributed by atoms with Gasteiger partial charge in [-0.15, -0.1) is 11.8 Å².